The normalized spacial score (nSPS) is 14.3. The number of aromatic nitrogens is 2. The van der Waals surface area contributed by atoms with Gasteiger partial charge in [0, 0.05) is 11.1 Å². The number of carbonyl (C=O) groups is 2. The van der Waals surface area contributed by atoms with Crippen molar-refractivity contribution < 1.29 is 28.0 Å². The van der Waals surface area contributed by atoms with Gasteiger partial charge in [0.2, 0.25) is 5.82 Å². The lowest BCUT2D eigenvalue weighted by molar-refractivity contribution is -0.157. The SMILES string of the molecule is Cc1cc(-c2ccccc2)c2c(C)c1C(C(=O)CC(=O)OC(C)(C)C)Oc1ccc(cc1F)-c1noc-2n1. The summed E-state index contributed by atoms with van der Waals surface area (Å²) in [6.07, 6.45) is -1.82. The zero-order valence-corrected chi connectivity index (χ0v) is 21.8. The molecule has 2 aliphatic rings. The Labute approximate surface area is 219 Å². The first-order valence-electron chi connectivity index (χ1n) is 12.3. The summed E-state index contributed by atoms with van der Waals surface area (Å²) in [6.45, 7) is 8.84. The molecule has 3 aromatic carbocycles. The highest BCUT2D eigenvalue weighted by Gasteiger charge is 2.33. The van der Waals surface area contributed by atoms with E-state index in [0.717, 1.165) is 16.7 Å². The van der Waals surface area contributed by atoms with Crippen molar-refractivity contribution in [3.8, 4) is 39.7 Å². The highest BCUT2D eigenvalue weighted by Crippen LogP contribution is 2.42. The summed E-state index contributed by atoms with van der Waals surface area (Å²) < 4.78 is 32.2. The first kappa shape index (κ1) is 25.3. The maximum Gasteiger partial charge on any atom is 0.314 e. The molecule has 1 aromatic heterocycles. The van der Waals surface area contributed by atoms with Crippen molar-refractivity contribution in [2.24, 2.45) is 0 Å². The maximum absolute atomic E-state index is 15.2. The lowest BCUT2D eigenvalue weighted by Crippen LogP contribution is -2.29. The zero-order valence-electron chi connectivity index (χ0n) is 21.8. The molecule has 6 bridgehead atoms. The Morgan fingerprint density at radius 2 is 1.76 bits per heavy atom. The molecule has 0 saturated carbocycles. The van der Waals surface area contributed by atoms with E-state index in [1.165, 1.54) is 12.1 Å². The van der Waals surface area contributed by atoms with Crippen molar-refractivity contribution in [2.45, 2.75) is 52.7 Å². The van der Waals surface area contributed by atoms with Crippen LogP contribution in [-0.4, -0.2) is 27.5 Å². The van der Waals surface area contributed by atoms with Gasteiger partial charge in [0.15, 0.2) is 23.5 Å². The summed E-state index contributed by atoms with van der Waals surface area (Å²) in [4.78, 5) is 30.8. The summed E-state index contributed by atoms with van der Waals surface area (Å²) in [5.74, 6) is -1.62. The number of aryl methyl sites for hydroxylation is 1. The van der Waals surface area contributed by atoms with Crippen molar-refractivity contribution in [2.75, 3.05) is 0 Å². The van der Waals surface area contributed by atoms with Gasteiger partial charge in [-0.25, -0.2) is 4.39 Å². The van der Waals surface area contributed by atoms with Crippen LogP contribution in [0.25, 0.3) is 34.0 Å². The van der Waals surface area contributed by atoms with E-state index in [-0.39, 0.29) is 17.5 Å². The highest BCUT2D eigenvalue weighted by atomic mass is 19.1. The van der Waals surface area contributed by atoms with Crippen molar-refractivity contribution in [1.29, 1.82) is 0 Å². The van der Waals surface area contributed by atoms with Gasteiger partial charge in [-0.3, -0.25) is 9.59 Å². The molecule has 1 unspecified atom stereocenters. The molecule has 3 heterocycles. The third-order valence-electron chi connectivity index (χ3n) is 6.29. The smallest absolute Gasteiger partial charge is 0.314 e. The molecule has 0 fully saturated rings. The highest BCUT2D eigenvalue weighted by molar-refractivity contribution is 5.99. The van der Waals surface area contributed by atoms with Gasteiger partial charge in [-0.2, -0.15) is 4.98 Å². The van der Waals surface area contributed by atoms with Crippen molar-refractivity contribution in [3.05, 3.63) is 77.1 Å². The number of halogens is 1. The molecule has 6 rings (SSSR count). The number of ether oxygens (including phenoxy) is 2. The number of rotatable bonds is 4. The number of carbonyl (C=O) groups excluding carboxylic acids is 2. The molecule has 4 aromatic rings. The Balaban J connectivity index is 1.74. The minimum atomic E-state index is -1.28. The first-order valence-corrected chi connectivity index (χ1v) is 12.3. The molecular formula is C30H27FN2O5. The van der Waals surface area contributed by atoms with Crippen LogP contribution in [0.2, 0.25) is 0 Å². The van der Waals surface area contributed by atoms with E-state index in [2.05, 4.69) is 10.1 Å². The van der Waals surface area contributed by atoms with Crippen LogP contribution < -0.4 is 4.74 Å². The van der Waals surface area contributed by atoms with Crippen molar-refractivity contribution in [3.63, 3.8) is 0 Å². The molecule has 194 valence electrons. The summed E-state index contributed by atoms with van der Waals surface area (Å²) in [5.41, 5.74) is 3.88. The second-order valence-electron chi connectivity index (χ2n) is 10.3. The number of benzene rings is 3. The van der Waals surface area contributed by atoms with E-state index in [4.69, 9.17) is 14.0 Å². The van der Waals surface area contributed by atoms with Gasteiger partial charge in [-0.15, -0.1) is 0 Å². The fourth-order valence-electron chi connectivity index (χ4n) is 4.73. The predicted molar refractivity (Wildman–Crippen MR) is 139 cm³/mol. The van der Waals surface area contributed by atoms with Gasteiger partial charge in [0.05, 0.1) is 5.56 Å². The molecular weight excluding hydrogens is 487 g/mol. The minimum Gasteiger partial charge on any atom is -0.475 e. The van der Waals surface area contributed by atoms with Gasteiger partial charge in [0.1, 0.15) is 12.0 Å². The van der Waals surface area contributed by atoms with E-state index in [1.54, 1.807) is 26.8 Å². The Hall–Kier alpha value is -4.33. The third kappa shape index (κ3) is 4.81. The molecule has 1 atom stereocenters. The Kier molecular flexibility index (Phi) is 6.34. The average Bonchev–Trinajstić information content (AvgIpc) is 3.32. The molecule has 0 aliphatic carbocycles. The van der Waals surface area contributed by atoms with Crippen LogP contribution >= 0.6 is 0 Å². The minimum absolute atomic E-state index is 0.131. The quantitative estimate of drug-likeness (QED) is 0.225. The molecule has 0 N–H and O–H groups in total. The zero-order chi connectivity index (χ0) is 27.2. The van der Waals surface area contributed by atoms with Gasteiger partial charge in [-0.1, -0.05) is 41.6 Å². The van der Waals surface area contributed by atoms with E-state index < -0.39 is 35.7 Å². The molecule has 0 saturated heterocycles. The molecule has 7 nitrogen and oxygen atoms in total. The van der Waals surface area contributed by atoms with Crippen LogP contribution in [0.4, 0.5) is 4.39 Å². The maximum atomic E-state index is 15.2. The van der Waals surface area contributed by atoms with Crippen LogP contribution in [0.15, 0.2) is 59.1 Å². The Morgan fingerprint density at radius 1 is 1.03 bits per heavy atom. The van der Waals surface area contributed by atoms with Crippen molar-refractivity contribution in [1.82, 2.24) is 10.1 Å². The van der Waals surface area contributed by atoms with E-state index >= 15 is 4.39 Å². The molecule has 0 spiro atoms. The van der Waals surface area contributed by atoms with E-state index in [9.17, 15) is 9.59 Å². The summed E-state index contributed by atoms with van der Waals surface area (Å²) >= 11 is 0. The average molecular weight is 515 g/mol. The van der Waals surface area contributed by atoms with E-state index in [0.29, 0.717) is 22.3 Å². The molecule has 38 heavy (non-hydrogen) atoms. The monoisotopic (exact) mass is 514 g/mol. The van der Waals surface area contributed by atoms with Crippen molar-refractivity contribution >= 4 is 11.8 Å². The second kappa shape index (κ2) is 9.52. The predicted octanol–water partition coefficient (Wildman–Crippen LogP) is 6.56. The molecule has 0 radical (unpaired) electrons. The number of fused-ring (bicyclic) bond motifs is 3. The van der Waals surface area contributed by atoms with Gasteiger partial charge >= 0.3 is 5.97 Å². The topological polar surface area (TPSA) is 91.5 Å². The lowest BCUT2D eigenvalue weighted by atomic mass is 9.85. The second-order valence-corrected chi connectivity index (χ2v) is 10.3. The van der Waals surface area contributed by atoms with Crippen LogP contribution in [0.3, 0.4) is 0 Å². The van der Waals surface area contributed by atoms with Crippen LogP contribution in [0.5, 0.6) is 5.75 Å². The fraction of sp³-hybridized carbons (Fsp3) is 0.267. The number of Topliss-reactive ketones (excluding diaryl/α,β-unsaturated/α-hetero) is 1. The summed E-state index contributed by atoms with van der Waals surface area (Å²) in [6, 6.07) is 15.9. The summed E-state index contributed by atoms with van der Waals surface area (Å²) in [5, 5.41) is 4.09. The molecule has 0 amide bonds. The molecule has 8 heteroatoms. The Bertz CT molecular complexity index is 1550. The van der Waals surface area contributed by atoms with Crippen LogP contribution in [0.1, 0.15) is 50.0 Å². The number of hydrogen-bond acceptors (Lipinski definition) is 7. The van der Waals surface area contributed by atoms with Crippen LogP contribution in [0, 0.1) is 19.7 Å². The van der Waals surface area contributed by atoms with Gasteiger partial charge in [-0.05, 0) is 75.1 Å². The largest absolute Gasteiger partial charge is 0.475 e. The first-order chi connectivity index (χ1) is 18.0. The standard InChI is InChI=1S/C30H27FN2O5/c1-16-13-20(18-9-7-6-8-10-18)26-17(2)25(16)27(22(34)15-24(35)37-30(3,4)5)36-23-12-11-19(14-21(23)31)28-32-29(26)38-33-28/h6-14,27H,15H2,1-5H3. The van der Waals surface area contributed by atoms with Gasteiger partial charge < -0.3 is 14.0 Å². The Morgan fingerprint density at radius 3 is 2.45 bits per heavy atom. The lowest BCUT2D eigenvalue weighted by Gasteiger charge is -2.26. The molecule has 2 aliphatic heterocycles. The fourth-order valence-corrected chi connectivity index (χ4v) is 4.73. The van der Waals surface area contributed by atoms with E-state index in [1.807, 2.05) is 50.2 Å². The van der Waals surface area contributed by atoms with Crippen LogP contribution in [-0.2, 0) is 14.3 Å². The number of ketones is 1. The summed E-state index contributed by atoms with van der Waals surface area (Å²) in [7, 11) is 0. The number of hydrogen-bond donors (Lipinski definition) is 0. The van der Waals surface area contributed by atoms with Gasteiger partial charge in [0.25, 0.3) is 5.89 Å². The number of esters is 1. The number of nitrogens with zero attached hydrogens (tertiary/aromatic N) is 2. The third-order valence-corrected chi connectivity index (χ3v) is 6.29.